The second-order valence-corrected chi connectivity index (χ2v) is 3.07. The maximum atomic E-state index is 12.3. The fraction of sp³-hybridized carbons (Fsp3) is 0.200. The Morgan fingerprint density at radius 1 is 1.33 bits per heavy atom. The molecule has 1 aromatic carbocycles. The summed E-state index contributed by atoms with van der Waals surface area (Å²) in [7, 11) is 0. The third-order valence-electron chi connectivity index (χ3n) is 1.99. The number of amides is 1. The van der Waals surface area contributed by atoms with Crippen molar-refractivity contribution < 1.29 is 18.0 Å². The van der Waals surface area contributed by atoms with Crippen LogP contribution in [0.5, 0.6) is 0 Å². The number of hydrogen-bond acceptors (Lipinski definition) is 1. The molecule has 1 radical (unpaired) electrons. The average molecular weight is 216 g/mol. The minimum absolute atomic E-state index is 0.112. The Hall–Kier alpha value is -1.52. The number of carbonyl (C=O) groups is 1. The molecule has 5 heteroatoms. The lowest BCUT2D eigenvalue weighted by atomic mass is 9.98. The fourth-order valence-electron chi connectivity index (χ4n) is 1.07. The fourth-order valence-corrected chi connectivity index (χ4v) is 1.07. The molecule has 81 valence electrons. The van der Waals surface area contributed by atoms with Gasteiger partial charge in [0.1, 0.15) is 0 Å². The second kappa shape index (κ2) is 3.92. The number of alkyl halides is 3. The lowest BCUT2D eigenvalue weighted by molar-refractivity contribution is -0.137. The first-order valence-corrected chi connectivity index (χ1v) is 4.13. The van der Waals surface area contributed by atoms with Gasteiger partial charge in [-0.2, -0.15) is 13.2 Å². The summed E-state index contributed by atoms with van der Waals surface area (Å²) >= 11 is 0. The second-order valence-electron chi connectivity index (χ2n) is 3.07. The van der Waals surface area contributed by atoms with Gasteiger partial charge in [0, 0.05) is 0 Å². The topological polar surface area (TPSA) is 43.1 Å². The highest BCUT2D eigenvalue weighted by Gasteiger charge is 2.31. The molecule has 0 aliphatic heterocycles. The van der Waals surface area contributed by atoms with Crippen LogP contribution < -0.4 is 5.73 Å². The minimum Gasteiger partial charge on any atom is -0.369 e. The molecule has 1 rings (SSSR count). The molecule has 1 amide bonds. The number of hydrogen-bond donors (Lipinski definition) is 1. The Labute approximate surface area is 84.9 Å². The first-order valence-electron chi connectivity index (χ1n) is 4.13. The summed E-state index contributed by atoms with van der Waals surface area (Å²) in [5.41, 5.74) is 4.37. The summed E-state index contributed by atoms with van der Waals surface area (Å²) in [5.74, 6) is -0.615. The number of primary amides is 1. The van der Waals surface area contributed by atoms with E-state index in [1.807, 2.05) is 0 Å². The van der Waals surface area contributed by atoms with Gasteiger partial charge in [0.25, 0.3) is 0 Å². The monoisotopic (exact) mass is 216 g/mol. The number of carbonyl (C=O) groups excluding carboxylic acids is 1. The third kappa shape index (κ3) is 2.71. The van der Waals surface area contributed by atoms with Crippen molar-refractivity contribution in [1.82, 2.24) is 0 Å². The molecule has 0 atom stereocenters. The van der Waals surface area contributed by atoms with E-state index in [9.17, 15) is 18.0 Å². The van der Waals surface area contributed by atoms with Crippen LogP contribution in [-0.4, -0.2) is 5.91 Å². The summed E-state index contributed by atoms with van der Waals surface area (Å²) in [5, 5.41) is 0. The summed E-state index contributed by atoms with van der Waals surface area (Å²) in [6, 6.07) is 4.50. The molecule has 15 heavy (non-hydrogen) atoms. The van der Waals surface area contributed by atoms with Crippen molar-refractivity contribution >= 4 is 5.91 Å². The maximum Gasteiger partial charge on any atom is 0.416 e. The van der Waals surface area contributed by atoms with E-state index >= 15 is 0 Å². The molecule has 0 heterocycles. The van der Waals surface area contributed by atoms with Crippen molar-refractivity contribution in [2.24, 2.45) is 5.73 Å². The lowest BCUT2D eigenvalue weighted by Gasteiger charge is -2.10. The van der Waals surface area contributed by atoms with Gasteiger partial charge in [-0.15, -0.1) is 0 Å². The number of benzene rings is 1. The van der Waals surface area contributed by atoms with Crippen LogP contribution >= 0.6 is 0 Å². The van der Waals surface area contributed by atoms with Crippen LogP contribution in [0.2, 0.25) is 0 Å². The SMILES string of the molecule is C[C](C(N)=O)c1cccc(C(F)(F)F)c1. The molecular weight excluding hydrogens is 207 g/mol. The van der Waals surface area contributed by atoms with Crippen LogP contribution in [0.15, 0.2) is 24.3 Å². The maximum absolute atomic E-state index is 12.3. The molecule has 1 aromatic rings. The predicted octanol–water partition coefficient (Wildman–Crippen LogP) is 2.13. The Morgan fingerprint density at radius 2 is 1.93 bits per heavy atom. The molecule has 0 bridgehead atoms. The van der Waals surface area contributed by atoms with Crippen molar-refractivity contribution in [1.29, 1.82) is 0 Å². The van der Waals surface area contributed by atoms with E-state index in [0.717, 1.165) is 12.1 Å². The van der Waals surface area contributed by atoms with Gasteiger partial charge < -0.3 is 5.73 Å². The van der Waals surface area contributed by atoms with Crippen LogP contribution in [0, 0.1) is 5.92 Å². The van der Waals surface area contributed by atoms with Crippen LogP contribution in [-0.2, 0) is 11.0 Å². The number of rotatable bonds is 2. The van der Waals surface area contributed by atoms with Gasteiger partial charge in [0.15, 0.2) is 0 Å². The molecule has 0 saturated carbocycles. The zero-order chi connectivity index (χ0) is 11.6. The number of halogens is 3. The van der Waals surface area contributed by atoms with Gasteiger partial charge in [-0.3, -0.25) is 4.79 Å². The zero-order valence-electron chi connectivity index (χ0n) is 7.93. The van der Waals surface area contributed by atoms with Crippen LogP contribution in [0.1, 0.15) is 18.1 Å². The molecule has 0 fully saturated rings. The van der Waals surface area contributed by atoms with Crippen molar-refractivity contribution in [3.63, 3.8) is 0 Å². The molecule has 0 aliphatic rings. The van der Waals surface area contributed by atoms with E-state index in [1.54, 1.807) is 0 Å². The van der Waals surface area contributed by atoms with Crippen molar-refractivity contribution in [2.45, 2.75) is 13.1 Å². The molecule has 0 saturated heterocycles. The molecule has 0 aliphatic carbocycles. The quantitative estimate of drug-likeness (QED) is 0.808. The Kier molecular flexibility index (Phi) is 3.02. The summed E-state index contributed by atoms with van der Waals surface area (Å²) in [6.07, 6.45) is -4.41. The molecule has 0 unspecified atom stereocenters. The Balaban J connectivity index is 3.08. The molecule has 0 aromatic heterocycles. The van der Waals surface area contributed by atoms with E-state index in [-0.39, 0.29) is 11.5 Å². The Morgan fingerprint density at radius 3 is 2.40 bits per heavy atom. The lowest BCUT2D eigenvalue weighted by Crippen LogP contribution is -2.20. The average Bonchev–Trinajstić information content (AvgIpc) is 2.15. The van der Waals surface area contributed by atoms with E-state index in [2.05, 4.69) is 0 Å². The van der Waals surface area contributed by atoms with Crippen LogP contribution in [0.25, 0.3) is 0 Å². The highest BCUT2D eigenvalue weighted by atomic mass is 19.4. The zero-order valence-corrected chi connectivity index (χ0v) is 7.93. The first kappa shape index (κ1) is 11.6. The smallest absolute Gasteiger partial charge is 0.369 e. The Bertz CT molecular complexity index is 373. The van der Waals surface area contributed by atoms with E-state index < -0.39 is 17.6 Å². The van der Waals surface area contributed by atoms with Gasteiger partial charge >= 0.3 is 6.18 Å². The van der Waals surface area contributed by atoms with Gasteiger partial charge in [-0.25, -0.2) is 0 Å². The van der Waals surface area contributed by atoms with Gasteiger partial charge in [-0.05, 0) is 18.6 Å². The van der Waals surface area contributed by atoms with Gasteiger partial charge in [0.2, 0.25) is 5.91 Å². The first-order chi connectivity index (χ1) is 6.82. The van der Waals surface area contributed by atoms with Crippen molar-refractivity contribution in [3.8, 4) is 0 Å². The third-order valence-corrected chi connectivity index (χ3v) is 1.99. The standard InChI is InChI=1S/C10H9F3NO/c1-6(9(14)15)7-3-2-4-8(5-7)10(11,12)13/h2-5H,1H3,(H2,14,15). The summed E-state index contributed by atoms with van der Waals surface area (Å²) in [6.45, 7) is 1.39. The number of nitrogens with two attached hydrogens (primary N) is 1. The van der Waals surface area contributed by atoms with Crippen molar-refractivity contribution in [3.05, 3.63) is 41.3 Å². The molecule has 2 N–H and O–H groups in total. The highest BCUT2D eigenvalue weighted by molar-refractivity contribution is 5.92. The van der Waals surface area contributed by atoms with Gasteiger partial charge in [0.05, 0.1) is 11.5 Å². The van der Waals surface area contributed by atoms with E-state index in [0.29, 0.717) is 0 Å². The predicted molar refractivity (Wildman–Crippen MR) is 48.7 cm³/mol. The molecule has 2 nitrogen and oxygen atoms in total. The van der Waals surface area contributed by atoms with Crippen molar-refractivity contribution in [2.75, 3.05) is 0 Å². The summed E-state index contributed by atoms with van der Waals surface area (Å²) in [4.78, 5) is 10.8. The van der Waals surface area contributed by atoms with Gasteiger partial charge in [-0.1, -0.05) is 18.2 Å². The highest BCUT2D eigenvalue weighted by Crippen LogP contribution is 2.30. The van der Waals surface area contributed by atoms with Crippen LogP contribution in [0.3, 0.4) is 0 Å². The van der Waals surface area contributed by atoms with E-state index in [4.69, 9.17) is 5.73 Å². The van der Waals surface area contributed by atoms with Crippen LogP contribution in [0.4, 0.5) is 13.2 Å². The molecular formula is C10H9F3NO. The van der Waals surface area contributed by atoms with E-state index in [1.165, 1.54) is 19.1 Å². The summed E-state index contributed by atoms with van der Waals surface area (Å²) < 4.78 is 36.9. The molecule has 0 spiro atoms. The minimum atomic E-state index is -4.41. The normalized spacial score (nSPS) is 11.8. The largest absolute Gasteiger partial charge is 0.416 e.